The third-order valence-electron chi connectivity index (χ3n) is 2.47. The van der Waals surface area contributed by atoms with Gasteiger partial charge in [0, 0.05) is 29.5 Å². The van der Waals surface area contributed by atoms with Gasteiger partial charge in [0.1, 0.15) is 11.5 Å². The highest BCUT2D eigenvalue weighted by atomic mass is 35.5. The molecule has 0 aliphatic carbocycles. The zero-order valence-electron chi connectivity index (χ0n) is 10.2. The van der Waals surface area contributed by atoms with Gasteiger partial charge >= 0.3 is 0 Å². The highest BCUT2D eigenvalue weighted by molar-refractivity contribution is 6.30. The molecule has 18 heavy (non-hydrogen) atoms. The molecule has 1 aromatic carbocycles. The van der Waals surface area contributed by atoms with Crippen molar-refractivity contribution in [1.82, 2.24) is 10.3 Å². The molecule has 0 aliphatic heterocycles. The van der Waals surface area contributed by atoms with Crippen molar-refractivity contribution in [3.05, 3.63) is 53.3 Å². The molecule has 4 heteroatoms. The highest BCUT2D eigenvalue weighted by Crippen LogP contribution is 2.25. The van der Waals surface area contributed by atoms with Crippen LogP contribution in [0.1, 0.15) is 12.5 Å². The van der Waals surface area contributed by atoms with E-state index < -0.39 is 0 Å². The first kappa shape index (κ1) is 12.9. The van der Waals surface area contributed by atoms with Crippen molar-refractivity contribution in [2.24, 2.45) is 0 Å². The van der Waals surface area contributed by atoms with Crippen molar-refractivity contribution < 1.29 is 4.74 Å². The molecule has 1 aromatic heterocycles. The number of rotatable bonds is 5. The second-order valence-electron chi connectivity index (χ2n) is 3.82. The van der Waals surface area contributed by atoms with E-state index in [9.17, 15) is 0 Å². The molecule has 0 aliphatic rings. The first-order valence-corrected chi connectivity index (χ1v) is 6.24. The van der Waals surface area contributed by atoms with Crippen molar-refractivity contribution in [1.29, 1.82) is 0 Å². The summed E-state index contributed by atoms with van der Waals surface area (Å²) in [5.41, 5.74) is 1.04. The van der Waals surface area contributed by atoms with Gasteiger partial charge in [-0.15, -0.1) is 0 Å². The molecule has 0 radical (unpaired) electrons. The number of nitrogens with zero attached hydrogens (tertiary/aromatic N) is 1. The Kier molecular flexibility index (Phi) is 4.56. The molecular weight excluding hydrogens is 248 g/mol. The first-order valence-electron chi connectivity index (χ1n) is 5.86. The number of nitrogens with one attached hydrogen (secondary N) is 1. The third-order valence-corrected chi connectivity index (χ3v) is 2.72. The molecule has 3 nitrogen and oxygen atoms in total. The van der Waals surface area contributed by atoms with E-state index >= 15 is 0 Å². The minimum absolute atomic E-state index is 0.699. The normalized spacial score (nSPS) is 10.3. The summed E-state index contributed by atoms with van der Waals surface area (Å²) in [4.78, 5) is 4.11. The van der Waals surface area contributed by atoms with Crippen molar-refractivity contribution in [3.63, 3.8) is 0 Å². The van der Waals surface area contributed by atoms with Gasteiger partial charge in [0.25, 0.3) is 0 Å². The van der Waals surface area contributed by atoms with Crippen LogP contribution >= 0.6 is 11.6 Å². The second-order valence-corrected chi connectivity index (χ2v) is 4.26. The van der Waals surface area contributed by atoms with Gasteiger partial charge in [-0.05, 0) is 36.9 Å². The fourth-order valence-corrected chi connectivity index (χ4v) is 1.66. The van der Waals surface area contributed by atoms with E-state index in [0.29, 0.717) is 5.02 Å². The molecule has 2 rings (SSSR count). The van der Waals surface area contributed by atoms with Crippen molar-refractivity contribution >= 4 is 11.6 Å². The molecule has 2 aromatic rings. The van der Waals surface area contributed by atoms with Crippen LogP contribution in [0.25, 0.3) is 0 Å². The second kappa shape index (κ2) is 6.38. The van der Waals surface area contributed by atoms with Crippen LogP contribution in [0.15, 0.2) is 42.7 Å². The summed E-state index contributed by atoms with van der Waals surface area (Å²) in [7, 11) is 0. The van der Waals surface area contributed by atoms with Gasteiger partial charge in [-0.3, -0.25) is 4.98 Å². The van der Waals surface area contributed by atoms with Crippen LogP contribution in [0.3, 0.4) is 0 Å². The number of halogens is 1. The van der Waals surface area contributed by atoms with E-state index in [-0.39, 0.29) is 0 Å². The molecule has 0 fully saturated rings. The summed E-state index contributed by atoms with van der Waals surface area (Å²) in [5, 5.41) is 3.96. The van der Waals surface area contributed by atoms with Crippen LogP contribution in [-0.4, -0.2) is 11.5 Å². The lowest BCUT2D eigenvalue weighted by Gasteiger charge is -2.10. The minimum atomic E-state index is 0.699. The predicted molar refractivity (Wildman–Crippen MR) is 73.1 cm³/mol. The minimum Gasteiger partial charge on any atom is -0.457 e. The lowest BCUT2D eigenvalue weighted by molar-refractivity contribution is 0.472. The predicted octanol–water partition coefficient (Wildman–Crippen LogP) is 3.64. The SMILES string of the molecule is CCNCc1cnccc1Oc1ccc(Cl)cc1. The van der Waals surface area contributed by atoms with E-state index in [1.165, 1.54) is 0 Å². The Morgan fingerprint density at radius 3 is 2.72 bits per heavy atom. The summed E-state index contributed by atoms with van der Waals surface area (Å²) < 4.78 is 5.82. The number of hydrogen-bond acceptors (Lipinski definition) is 3. The monoisotopic (exact) mass is 262 g/mol. The van der Waals surface area contributed by atoms with Gasteiger partial charge in [0.05, 0.1) is 0 Å². The number of pyridine rings is 1. The van der Waals surface area contributed by atoms with E-state index in [4.69, 9.17) is 16.3 Å². The van der Waals surface area contributed by atoms with Crippen LogP contribution in [0, 0.1) is 0 Å². The standard InChI is InChI=1S/C14H15ClN2O/c1-2-16-9-11-10-17-8-7-14(11)18-13-5-3-12(15)4-6-13/h3-8,10,16H,2,9H2,1H3. The molecule has 0 bridgehead atoms. The van der Waals surface area contributed by atoms with Gasteiger partial charge in [-0.25, -0.2) is 0 Å². The first-order chi connectivity index (χ1) is 8.79. The lowest BCUT2D eigenvalue weighted by Crippen LogP contribution is -2.12. The molecule has 0 saturated heterocycles. The molecule has 1 heterocycles. The van der Waals surface area contributed by atoms with Crippen molar-refractivity contribution in [2.75, 3.05) is 6.54 Å². The fourth-order valence-electron chi connectivity index (χ4n) is 1.54. The maximum absolute atomic E-state index is 5.84. The van der Waals surface area contributed by atoms with Gasteiger partial charge < -0.3 is 10.1 Å². The van der Waals surface area contributed by atoms with Crippen LogP contribution in [0.4, 0.5) is 0 Å². The van der Waals surface area contributed by atoms with Crippen LogP contribution in [-0.2, 0) is 6.54 Å². The summed E-state index contributed by atoms with van der Waals surface area (Å²) >= 11 is 5.84. The summed E-state index contributed by atoms with van der Waals surface area (Å²) in [6.07, 6.45) is 3.54. The third kappa shape index (κ3) is 3.45. The van der Waals surface area contributed by atoms with Crippen molar-refractivity contribution in [2.45, 2.75) is 13.5 Å². The van der Waals surface area contributed by atoms with Gasteiger partial charge in [-0.1, -0.05) is 18.5 Å². The smallest absolute Gasteiger partial charge is 0.134 e. The van der Waals surface area contributed by atoms with Gasteiger partial charge in [0.2, 0.25) is 0 Å². The lowest BCUT2D eigenvalue weighted by atomic mass is 10.2. The molecule has 1 N–H and O–H groups in total. The Balaban J connectivity index is 2.15. The van der Waals surface area contributed by atoms with E-state index in [2.05, 4.69) is 17.2 Å². The number of ether oxygens (including phenoxy) is 1. The molecule has 0 atom stereocenters. The maximum Gasteiger partial charge on any atom is 0.134 e. The van der Waals surface area contributed by atoms with E-state index in [1.807, 2.05) is 36.5 Å². The van der Waals surface area contributed by atoms with Gasteiger partial charge in [-0.2, -0.15) is 0 Å². The Hall–Kier alpha value is -1.58. The van der Waals surface area contributed by atoms with Gasteiger partial charge in [0.15, 0.2) is 0 Å². The zero-order valence-corrected chi connectivity index (χ0v) is 10.9. The Morgan fingerprint density at radius 2 is 2.00 bits per heavy atom. The summed E-state index contributed by atoms with van der Waals surface area (Å²) in [6, 6.07) is 9.17. The topological polar surface area (TPSA) is 34.2 Å². The molecule has 0 spiro atoms. The quantitative estimate of drug-likeness (QED) is 0.893. The molecular formula is C14H15ClN2O. The average molecular weight is 263 g/mol. The number of hydrogen-bond donors (Lipinski definition) is 1. The molecule has 0 amide bonds. The van der Waals surface area contributed by atoms with Crippen molar-refractivity contribution in [3.8, 4) is 11.5 Å². The Bertz CT molecular complexity index is 499. The summed E-state index contributed by atoms with van der Waals surface area (Å²) in [6.45, 7) is 3.72. The average Bonchev–Trinajstić information content (AvgIpc) is 2.40. The van der Waals surface area contributed by atoms with Crippen LogP contribution in [0.2, 0.25) is 5.02 Å². The van der Waals surface area contributed by atoms with Crippen LogP contribution < -0.4 is 10.1 Å². The Labute approximate surface area is 112 Å². The largest absolute Gasteiger partial charge is 0.457 e. The van der Waals surface area contributed by atoms with E-state index in [1.54, 1.807) is 6.20 Å². The molecule has 0 unspecified atom stereocenters. The van der Waals surface area contributed by atoms with Crippen LogP contribution in [0.5, 0.6) is 11.5 Å². The van der Waals surface area contributed by atoms with E-state index in [0.717, 1.165) is 30.2 Å². The highest BCUT2D eigenvalue weighted by Gasteiger charge is 2.04. The summed E-state index contributed by atoms with van der Waals surface area (Å²) in [5.74, 6) is 1.58. The Morgan fingerprint density at radius 1 is 1.22 bits per heavy atom. The number of aromatic nitrogens is 1. The molecule has 94 valence electrons. The fraction of sp³-hybridized carbons (Fsp3) is 0.214. The maximum atomic E-state index is 5.84. The number of benzene rings is 1. The molecule has 0 saturated carbocycles. The zero-order chi connectivity index (χ0) is 12.8.